The quantitative estimate of drug-likeness (QED) is 0.343. The normalized spacial score (nSPS) is 18.8. The van der Waals surface area contributed by atoms with E-state index in [-0.39, 0.29) is 12.4 Å². The molecule has 2 rings (SSSR count). The van der Waals surface area contributed by atoms with Crippen LogP contribution in [0.2, 0.25) is 0 Å². The van der Waals surface area contributed by atoms with E-state index in [1.54, 1.807) is 0 Å². The van der Waals surface area contributed by atoms with E-state index >= 15 is 0 Å². The van der Waals surface area contributed by atoms with Gasteiger partial charge in [-0.05, 0) is 31.9 Å². The summed E-state index contributed by atoms with van der Waals surface area (Å²) >= 11 is 0. The Hall–Kier alpha value is -1.64. The predicted octanol–water partition coefficient (Wildman–Crippen LogP) is 1.27. The summed E-state index contributed by atoms with van der Waals surface area (Å²) in [5.74, 6) is 0.842. The van der Waals surface area contributed by atoms with E-state index in [1.165, 1.54) is 18.2 Å². The second kappa shape index (κ2) is 12.0. The summed E-state index contributed by atoms with van der Waals surface area (Å²) in [6, 6.07) is 10.9. The van der Waals surface area contributed by atoms with Crippen LogP contribution < -0.4 is 10.6 Å². The summed E-state index contributed by atoms with van der Waals surface area (Å²) < 4.78 is 27.5. The van der Waals surface area contributed by atoms with Crippen LogP contribution in [0, 0.1) is 0 Å². The molecule has 7 nitrogen and oxygen atoms in total. The molecule has 1 aromatic rings. The first kappa shape index (κ1) is 22.6. The molecule has 1 atom stereocenters. The summed E-state index contributed by atoms with van der Waals surface area (Å²) in [6.07, 6.45) is 3.51. The summed E-state index contributed by atoms with van der Waals surface area (Å²) in [5, 5.41) is 6.81. The van der Waals surface area contributed by atoms with E-state index in [1.807, 2.05) is 13.0 Å². The van der Waals surface area contributed by atoms with E-state index in [4.69, 9.17) is 4.74 Å². The van der Waals surface area contributed by atoms with Crippen LogP contribution in [0.1, 0.15) is 25.3 Å². The Morgan fingerprint density at radius 3 is 2.79 bits per heavy atom. The van der Waals surface area contributed by atoms with Gasteiger partial charge in [0.1, 0.15) is 9.84 Å². The number of aliphatic imine (C=N–C) groups is 1. The summed E-state index contributed by atoms with van der Waals surface area (Å²) in [7, 11) is -2.97. The van der Waals surface area contributed by atoms with Gasteiger partial charge in [0.25, 0.3) is 0 Å². The Balaban J connectivity index is 1.76. The SMILES string of the molecule is CCNC(=NCCOCCS(C)(=O)=O)NC1CCCN(Cc2ccccc2)C1. The van der Waals surface area contributed by atoms with Gasteiger partial charge in [-0.1, -0.05) is 30.3 Å². The molecule has 1 aromatic carbocycles. The largest absolute Gasteiger partial charge is 0.378 e. The van der Waals surface area contributed by atoms with E-state index in [9.17, 15) is 8.42 Å². The number of ether oxygens (including phenoxy) is 1. The molecule has 0 spiro atoms. The van der Waals surface area contributed by atoms with Crippen LogP contribution in [0.5, 0.6) is 0 Å². The van der Waals surface area contributed by atoms with Crippen molar-refractivity contribution in [2.24, 2.45) is 4.99 Å². The van der Waals surface area contributed by atoms with Crippen LogP contribution in [-0.4, -0.2) is 76.7 Å². The standard InChI is InChI=1S/C20H34N4O3S/c1-3-21-20(22-11-13-27-14-15-28(2,25)26)23-19-10-7-12-24(17-19)16-18-8-5-4-6-9-18/h4-6,8-9,19H,3,7,10-17H2,1-2H3,(H2,21,22,23). The van der Waals surface area contributed by atoms with Gasteiger partial charge in [-0.2, -0.15) is 0 Å². The Labute approximate surface area is 169 Å². The highest BCUT2D eigenvalue weighted by Gasteiger charge is 2.20. The first-order valence-corrected chi connectivity index (χ1v) is 12.1. The molecule has 1 fully saturated rings. The van der Waals surface area contributed by atoms with Crippen molar-refractivity contribution in [2.75, 3.05) is 51.4 Å². The molecule has 0 saturated carbocycles. The summed E-state index contributed by atoms with van der Waals surface area (Å²) in [6.45, 7) is 7.05. The highest BCUT2D eigenvalue weighted by atomic mass is 32.2. The maximum absolute atomic E-state index is 11.1. The van der Waals surface area contributed by atoms with Crippen molar-refractivity contribution in [3.8, 4) is 0 Å². The molecule has 1 aliphatic rings. The lowest BCUT2D eigenvalue weighted by Gasteiger charge is -2.34. The van der Waals surface area contributed by atoms with Crippen molar-refractivity contribution in [3.05, 3.63) is 35.9 Å². The van der Waals surface area contributed by atoms with Crippen LogP contribution in [0.25, 0.3) is 0 Å². The van der Waals surface area contributed by atoms with Gasteiger partial charge in [0.2, 0.25) is 0 Å². The molecule has 2 N–H and O–H groups in total. The van der Waals surface area contributed by atoms with Crippen molar-refractivity contribution >= 4 is 15.8 Å². The van der Waals surface area contributed by atoms with Crippen LogP contribution >= 0.6 is 0 Å². The van der Waals surface area contributed by atoms with E-state index < -0.39 is 9.84 Å². The van der Waals surface area contributed by atoms with Crippen molar-refractivity contribution in [3.63, 3.8) is 0 Å². The number of sulfone groups is 1. The lowest BCUT2D eigenvalue weighted by Crippen LogP contribution is -2.51. The molecule has 0 bridgehead atoms. The Kier molecular flexibility index (Phi) is 9.73. The molecule has 0 amide bonds. The summed E-state index contributed by atoms with van der Waals surface area (Å²) in [4.78, 5) is 7.03. The second-order valence-corrected chi connectivity index (χ2v) is 9.47. The highest BCUT2D eigenvalue weighted by Crippen LogP contribution is 2.13. The molecule has 1 aliphatic heterocycles. The Bertz CT molecular complexity index is 695. The lowest BCUT2D eigenvalue weighted by atomic mass is 10.0. The number of benzene rings is 1. The number of hydrogen-bond acceptors (Lipinski definition) is 5. The molecule has 1 unspecified atom stereocenters. The molecule has 1 heterocycles. The second-order valence-electron chi connectivity index (χ2n) is 7.21. The molecule has 0 aliphatic carbocycles. The van der Waals surface area contributed by atoms with Crippen molar-refractivity contribution < 1.29 is 13.2 Å². The number of nitrogens with one attached hydrogen (secondary N) is 2. The minimum atomic E-state index is -2.97. The number of hydrogen-bond donors (Lipinski definition) is 2. The fraction of sp³-hybridized carbons (Fsp3) is 0.650. The fourth-order valence-electron chi connectivity index (χ4n) is 3.21. The molecular weight excluding hydrogens is 376 g/mol. The minimum Gasteiger partial charge on any atom is -0.378 e. The number of nitrogens with zero attached hydrogens (tertiary/aromatic N) is 2. The highest BCUT2D eigenvalue weighted by molar-refractivity contribution is 7.90. The lowest BCUT2D eigenvalue weighted by molar-refractivity contribution is 0.157. The first-order valence-electron chi connectivity index (χ1n) is 10.0. The molecule has 8 heteroatoms. The molecular formula is C20H34N4O3S. The summed E-state index contributed by atoms with van der Waals surface area (Å²) in [5.41, 5.74) is 1.34. The molecule has 158 valence electrons. The maximum Gasteiger partial charge on any atom is 0.191 e. The van der Waals surface area contributed by atoms with Gasteiger partial charge >= 0.3 is 0 Å². The van der Waals surface area contributed by atoms with Gasteiger partial charge in [-0.3, -0.25) is 9.89 Å². The van der Waals surface area contributed by atoms with Crippen LogP contribution in [0.4, 0.5) is 0 Å². The zero-order valence-electron chi connectivity index (χ0n) is 17.1. The van der Waals surface area contributed by atoms with E-state index in [2.05, 4.69) is 44.8 Å². The van der Waals surface area contributed by atoms with E-state index in [0.29, 0.717) is 19.2 Å². The van der Waals surface area contributed by atoms with E-state index in [0.717, 1.165) is 38.6 Å². The third kappa shape index (κ3) is 9.52. The van der Waals surface area contributed by atoms with Gasteiger partial charge in [0.15, 0.2) is 5.96 Å². The van der Waals surface area contributed by atoms with Gasteiger partial charge in [0, 0.05) is 31.9 Å². The van der Waals surface area contributed by atoms with Crippen LogP contribution in [0.3, 0.4) is 0 Å². The molecule has 0 radical (unpaired) electrons. The van der Waals surface area contributed by atoms with Gasteiger partial charge < -0.3 is 15.4 Å². The number of likely N-dealkylation sites (tertiary alicyclic amines) is 1. The molecule has 28 heavy (non-hydrogen) atoms. The molecule has 1 saturated heterocycles. The number of guanidine groups is 1. The van der Waals surface area contributed by atoms with Gasteiger partial charge in [0.05, 0.1) is 25.5 Å². The predicted molar refractivity (Wildman–Crippen MR) is 114 cm³/mol. The first-order chi connectivity index (χ1) is 13.5. The third-order valence-corrected chi connectivity index (χ3v) is 5.45. The minimum absolute atomic E-state index is 0.0500. The van der Waals surface area contributed by atoms with Gasteiger partial charge in [-0.15, -0.1) is 0 Å². The van der Waals surface area contributed by atoms with Crippen LogP contribution in [-0.2, 0) is 21.1 Å². The zero-order chi connectivity index (χ0) is 20.2. The topological polar surface area (TPSA) is 83.0 Å². The third-order valence-electron chi connectivity index (χ3n) is 4.54. The average Bonchev–Trinajstić information content (AvgIpc) is 2.65. The monoisotopic (exact) mass is 410 g/mol. The number of piperidine rings is 1. The van der Waals surface area contributed by atoms with Crippen molar-refractivity contribution in [1.29, 1.82) is 0 Å². The Morgan fingerprint density at radius 2 is 2.07 bits per heavy atom. The van der Waals surface area contributed by atoms with Crippen LogP contribution in [0.15, 0.2) is 35.3 Å². The average molecular weight is 411 g/mol. The van der Waals surface area contributed by atoms with Crippen molar-refractivity contribution in [2.45, 2.75) is 32.4 Å². The Morgan fingerprint density at radius 1 is 1.29 bits per heavy atom. The fourth-order valence-corrected chi connectivity index (χ4v) is 3.63. The zero-order valence-corrected chi connectivity index (χ0v) is 17.9. The van der Waals surface area contributed by atoms with Gasteiger partial charge in [-0.25, -0.2) is 8.42 Å². The maximum atomic E-state index is 11.1. The molecule has 0 aromatic heterocycles. The smallest absolute Gasteiger partial charge is 0.191 e. The van der Waals surface area contributed by atoms with Crippen molar-refractivity contribution in [1.82, 2.24) is 15.5 Å². The number of rotatable bonds is 10.